The smallest absolute Gasteiger partial charge is 0.250 e. The summed E-state index contributed by atoms with van der Waals surface area (Å²) >= 11 is 0. The molecule has 0 fully saturated rings. The Labute approximate surface area is 83.7 Å². The second kappa shape index (κ2) is 2.87. The summed E-state index contributed by atoms with van der Waals surface area (Å²) in [6.45, 7) is 4.50. The lowest BCUT2D eigenvalue weighted by atomic mass is 9.76. The lowest BCUT2D eigenvalue weighted by molar-refractivity contribution is 0.0999. The largest absolute Gasteiger partial charge is 0.366 e. The van der Waals surface area contributed by atoms with Crippen molar-refractivity contribution in [1.29, 1.82) is 0 Å². The molecule has 0 spiro atoms. The normalized spacial score (nSPS) is 19.0. The summed E-state index contributed by atoms with van der Waals surface area (Å²) in [5.74, 6) is -0.317. The molecule has 1 aliphatic rings. The highest BCUT2D eigenvalue weighted by atomic mass is 16.1. The Hall–Kier alpha value is -1.25. The maximum atomic E-state index is 11.1. The number of carbonyl (C=O) groups excluding carboxylic acids is 1. The number of H-pyrrole nitrogens is 1. The van der Waals surface area contributed by atoms with Gasteiger partial charge in [0, 0.05) is 11.9 Å². The Balaban J connectivity index is 2.39. The molecule has 76 valence electrons. The average molecular weight is 192 g/mol. The van der Waals surface area contributed by atoms with Gasteiger partial charge >= 0.3 is 0 Å². The topological polar surface area (TPSA) is 58.9 Å². The molecule has 1 aliphatic carbocycles. The Morgan fingerprint density at radius 3 is 2.93 bits per heavy atom. The van der Waals surface area contributed by atoms with Crippen LogP contribution in [-0.4, -0.2) is 10.9 Å². The van der Waals surface area contributed by atoms with Crippen LogP contribution in [0, 0.1) is 5.41 Å². The van der Waals surface area contributed by atoms with E-state index in [2.05, 4.69) is 18.8 Å². The molecule has 0 saturated carbocycles. The van der Waals surface area contributed by atoms with Crippen molar-refractivity contribution in [2.45, 2.75) is 33.1 Å². The zero-order valence-corrected chi connectivity index (χ0v) is 8.68. The highest BCUT2D eigenvalue weighted by Crippen LogP contribution is 2.35. The molecule has 0 radical (unpaired) electrons. The van der Waals surface area contributed by atoms with E-state index in [0.29, 0.717) is 11.0 Å². The second-order valence-electron chi connectivity index (χ2n) is 4.86. The molecular formula is C11H16N2O. The predicted molar refractivity (Wildman–Crippen MR) is 55.1 cm³/mol. The molecule has 0 saturated heterocycles. The molecular weight excluding hydrogens is 176 g/mol. The fourth-order valence-electron chi connectivity index (χ4n) is 2.19. The fourth-order valence-corrected chi connectivity index (χ4v) is 2.19. The number of primary amides is 1. The zero-order chi connectivity index (χ0) is 10.3. The molecule has 1 amide bonds. The Bertz CT molecular complexity index is 377. The number of nitrogens with two attached hydrogens (primary N) is 1. The minimum Gasteiger partial charge on any atom is -0.366 e. The van der Waals surface area contributed by atoms with Crippen molar-refractivity contribution in [2.75, 3.05) is 0 Å². The van der Waals surface area contributed by atoms with Crippen molar-refractivity contribution in [3.05, 3.63) is 23.0 Å². The van der Waals surface area contributed by atoms with Gasteiger partial charge in [-0.05, 0) is 30.2 Å². The first-order chi connectivity index (χ1) is 6.49. The second-order valence-corrected chi connectivity index (χ2v) is 4.86. The van der Waals surface area contributed by atoms with Crippen LogP contribution in [0.3, 0.4) is 0 Å². The van der Waals surface area contributed by atoms with E-state index < -0.39 is 0 Å². The van der Waals surface area contributed by atoms with Gasteiger partial charge in [0.05, 0.1) is 5.56 Å². The van der Waals surface area contributed by atoms with Crippen LogP contribution in [0.5, 0.6) is 0 Å². The molecule has 3 N–H and O–H groups in total. The molecule has 0 aromatic carbocycles. The summed E-state index contributed by atoms with van der Waals surface area (Å²) < 4.78 is 0. The standard InChI is InChI=1S/C11H16N2O/c1-11(2)4-3-7-8(10(12)14)6-13-9(7)5-11/h6,13H,3-5H2,1-2H3,(H2,12,14). The average Bonchev–Trinajstić information content (AvgIpc) is 2.44. The summed E-state index contributed by atoms with van der Waals surface area (Å²) in [6, 6.07) is 0. The number of hydrogen-bond acceptors (Lipinski definition) is 1. The SMILES string of the molecule is CC1(C)CCc2c(C(N)=O)c[nH]c2C1. The van der Waals surface area contributed by atoms with Crippen LogP contribution >= 0.6 is 0 Å². The number of rotatable bonds is 1. The molecule has 2 rings (SSSR count). The van der Waals surface area contributed by atoms with Gasteiger partial charge in [-0.1, -0.05) is 13.8 Å². The highest BCUT2D eigenvalue weighted by molar-refractivity contribution is 5.94. The molecule has 0 atom stereocenters. The van der Waals surface area contributed by atoms with Crippen molar-refractivity contribution >= 4 is 5.91 Å². The summed E-state index contributed by atoms with van der Waals surface area (Å²) in [5, 5.41) is 0. The number of carbonyl (C=O) groups is 1. The summed E-state index contributed by atoms with van der Waals surface area (Å²) in [6.07, 6.45) is 4.84. The fraction of sp³-hybridized carbons (Fsp3) is 0.545. The van der Waals surface area contributed by atoms with Crippen molar-refractivity contribution in [3.63, 3.8) is 0 Å². The van der Waals surface area contributed by atoms with Gasteiger partial charge in [-0.15, -0.1) is 0 Å². The van der Waals surface area contributed by atoms with Crippen LogP contribution in [0.25, 0.3) is 0 Å². The van der Waals surface area contributed by atoms with Crippen LogP contribution in [0.15, 0.2) is 6.20 Å². The van der Waals surface area contributed by atoms with Gasteiger partial charge in [0.2, 0.25) is 0 Å². The van der Waals surface area contributed by atoms with Crippen LogP contribution in [0.1, 0.15) is 41.9 Å². The summed E-state index contributed by atoms with van der Waals surface area (Å²) in [7, 11) is 0. The third kappa shape index (κ3) is 1.43. The molecule has 1 aromatic heterocycles. The van der Waals surface area contributed by atoms with E-state index in [1.807, 2.05) is 0 Å². The summed E-state index contributed by atoms with van der Waals surface area (Å²) in [4.78, 5) is 14.3. The highest BCUT2D eigenvalue weighted by Gasteiger charge is 2.28. The van der Waals surface area contributed by atoms with E-state index >= 15 is 0 Å². The van der Waals surface area contributed by atoms with Crippen molar-refractivity contribution in [3.8, 4) is 0 Å². The first-order valence-corrected chi connectivity index (χ1v) is 4.98. The number of amides is 1. The van der Waals surface area contributed by atoms with Crippen molar-refractivity contribution < 1.29 is 4.79 Å². The number of fused-ring (bicyclic) bond motifs is 1. The van der Waals surface area contributed by atoms with E-state index in [9.17, 15) is 4.79 Å². The molecule has 1 heterocycles. The van der Waals surface area contributed by atoms with Gasteiger partial charge in [-0.2, -0.15) is 0 Å². The molecule has 0 aliphatic heterocycles. The lowest BCUT2D eigenvalue weighted by Crippen LogP contribution is -2.23. The molecule has 3 heteroatoms. The van der Waals surface area contributed by atoms with E-state index in [1.165, 1.54) is 5.69 Å². The first kappa shape index (κ1) is 9.31. The van der Waals surface area contributed by atoms with Gasteiger partial charge in [-0.3, -0.25) is 4.79 Å². The van der Waals surface area contributed by atoms with E-state index in [4.69, 9.17) is 5.73 Å². The molecule has 0 unspecified atom stereocenters. The van der Waals surface area contributed by atoms with E-state index in [-0.39, 0.29) is 5.91 Å². The monoisotopic (exact) mass is 192 g/mol. The maximum Gasteiger partial charge on any atom is 0.250 e. The molecule has 14 heavy (non-hydrogen) atoms. The van der Waals surface area contributed by atoms with Crippen LogP contribution < -0.4 is 5.73 Å². The quantitative estimate of drug-likeness (QED) is 0.698. The van der Waals surface area contributed by atoms with E-state index in [0.717, 1.165) is 24.8 Å². The number of aromatic nitrogens is 1. The Morgan fingerprint density at radius 2 is 2.29 bits per heavy atom. The summed E-state index contributed by atoms with van der Waals surface area (Å²) in [5.41, 5.74) is 8.63. The third-order valence-electron chi connectivity index (χ3n) is 3.05. The predicted octanol–water partition coefficient (Wildman–Crippen LogP) is 1.63. The van der Waals surface area contributed by atoms with Gasteiger partial charge in [0.15, 0.2) is 0 Å². The van der Waals surface area contributed by atoms with Crippen LogP contribution in [-0.2, 0) is 12.8 Å². The van der Waals surface area contributed by atoms with Crippen LogP contribution in [0.2, 0.25) is 0 Å². The number of hydrogen-bond donors (Lipinski definition) is 2. The Kier molecular flexibility index (Phi) is 1.91. The van der Waals surface area contributed by atoms with Crippen LogP contribution in [0.4, 0.5) is 0 Å². The van der Waals surface area contributed by atoms with Gasteiger partial charge in [0.1, 0.15) is 0 Å². The van der Waals surface area contributed by atoms with Crippen molar-refractivity contribution in [1.82, 2.24) is 4.98 Å². The van der Waals surface area contributed by atoms with Gasteiger partial charge in [-0.25, -0.2) is 0 Å². The Morgan fingerprint density at radius 1 is 1.57 bits per heavy atom. The van der Waals surface area contributed by atoms with E-state index in [1.54, 1.807) is 6.20 Å². The molecule has 0 bridgehead atoms. The molecule has 1 aromatic rings. The maximum absolute atomic E-state index is 11.1. The van der Waals surface area contributed by atoms with Gasteiger partial charge in [0.25, 0.3) is 5.91 Å². The van der Waals surface area contributed by atoms with Gasteiger partial charge < -0.3 is 10.7 Å². The first-order valence-electron chi connectivity index (χ1n) is 4.98. The lowest BCUT2D eigenvalue weighted by Gasteiger charge is -2.29. The van der Waals surface area contributed by atoms with Crippen molar-refractivity contribution in [2.24, 2.45) is 11.1 Å². The number of aromatic amines is 1. The third-order valence-corrected chi connectivity index (χ3v) is 3.05. The number of nitrogens with one attached hydrogen (secondary N) is 1. The molecule has 3 nitrogen and oxygen atoms in total. The zero-order valence-electron chi connectivity index (χ0n) is 8.68. The minimum atomic E-state index is -0.317. The minimum absolute atomic E-state index is 0.317.